The second-order valence-electron chi connectivity index (χ2n) is 14.7. The zero-order valence-electron chi connectivity index (χ0n) is 28.2. The van der Waals surface area contributed by atoms with Gasteiger partial charge < -0.3 is 30.3 Å². The molecule has 2 unspecified atom stereocenters. The molecule has 5 aliphatic rings. The van der Waals surface area contributed by atoms with E-state index in [0.29, 0.717) is 49.5 Å². The molecule has 274 valence electrons. The summed E-state index contributed by atoms with van der Waals surface area (Å²) in [6.07, 6.45) is 0.475. The number of benzene rings is 1. The number of rotatable bonds is 8. The number of nitrogens with one attached hydrogen (secondary N) is 1. The summed E-state index contributed by atoms with van der Waals surface area (Å²) < 4.78 is 83.6. The molecule has 11 nitrogen and oxygen atoms in total. The van der Waals surface area contributed by atoms with Crippen molar-refractivity contribution in [1.29, 1.82) is 5.26 Å². The number of piperazine rings is 2. The maximum absolute atomic E-state index is 17.4. The van der Waals surface area contributed by atoms with Crippen molar-refractivity contribution in [2.45, 2.75) is 57.2 Å². The number of alkyl halides is 3. The molecule has 4 aromatic rings. The molecule has 4 fully saturated rings. The number of pyridine rings is 1. The second kappa shape index (κ2) is 12.6. The average molecular weight is 742 g/mol. The lowest BCUT2D eigenvalue weighted by atomic mass is 9.93. The van der Waals surface area contributed by atoms with E-state index in [1.807, 2.05) is 0 Å². The third kappa shape index (κ3) is 5.79. The topological polar surface area (TPSA) is 129 Å². The minimum atomic E-state index is -4.22. The first-order valence-corrected chi connectivity index (χ1v) is 18.4. The Morgan fingerprint density at radius 2 is 1.75 bits per heavy atom. The number of nitrogen functional groups attached to an aromatic ring is 1. The van der Waals surface area contributed by atoms with Crippen LogP contribution in [-0.2, 0) is 18.0 Å². The summed E-state index contributed by atoms with van der Waals surface area (Å²) in [6.45, 7) is 3.59. The number of fused-ring (bicyclic) bond motifs is 6. The maximum Gasteiger partial charge on any atom is 0.401 e. The van der Waals surface area contributed by atoms with Gasteiger partial charge >= 0.3 is 12.2 Å². The van der Waals surface area contributed by atoms with E-state index in [1.165, 1.54) is 4.90 Å². The lowest BCUT2D eigenvalue weighted by Gasteiger charge is -2.37. The third-order valence-electron chi connectivity index (χ3n) is 11.3. The molecule has 2 bridgehead atoms. The first kappa shape index (κ1) is 33.9. The highest BCUT2D eigenvalue weighted by Crippen LogP contribution is 2.49. The summed E-state index contributed by atoms with van der Waals surface area (Å²) in [5, 5.41) is 14.3. The Morgan fingerprint density at radius 1 is 1.04 bits per heavy atom. The van der Waals surface area contributed by atoms with Gasteiger partial charge in [-0.05, 0) is 36.8 Å². The molecule has 3 N–H and O–H groups in total. The van der Waals surface area contributed by atoms with Gasteiger partial charge in [-0.2, -0.15) is 28.4 Å². The molecule has 1 aliphatic carbocycles. The van der Waals surface area contributed by atoms with Gasteiger partial charge in [0.25, 0.3) is 0 Å². The van der Waals surface area contributed by atoms with Crippen molar-refractivity contribution < 1.29 is 31.4 Å². The predicted octanol–water partition coefficient (Wildman–Crippen LogP) is 4.95. The Bertz CT molecular complexity index is 2110. The highest BCUT2D eigenvalue weighted by molar-refractivity contribution is 7.23. The van der Waals surface area contributed by atoms with Crippen molar-refractivity contribution >= 4 is 43.1 Å². The lowest BCUT2D eigenvalue weighted by molar-refractivity contribution is -0.149. The molecule has 3 saturated heterocycles. The van der Waals surface area contributed by atoms with E-state index in [4.69, 9.17) is 25.2 Å². The molecule has 1 aromatic carbocycles. The molecule has 3 aromatic heterocycles. The zero-order valence-corrected chi connectivity index (χ0v) is 29.0. The SMILES string of the molecule is N#Cc1c(N)sc2c(F)cnc(-c3c4c(c5c(N6C7CCC6CNC7)nc(OCC6(CN7CCN(CC(F)(F)F)CC7)CC6)nc5c3F)COC4)c12. The van der Waals surface area contributed by atoms with E-state index in [0.717, 1.165) is 61.9 Å². The number of halogens is 5. The van der Waals surface area contributed by atoms with Crippen LogP contribution in [0.2, 0.25) is 0 Å². The summed E-state index contributed by atoms with van der Waals surface area (Å²) in [4.78, 5) is 19.9. The molecule has 9 rings (SSSR count). The van der Waals surface area contributed by atoms with E-state index in [1.54, 1.807) is 0 Å². The summed E-state index contributed by atoms with van der Waals surface area (Å²) in [7, 11) is 0. The number of anilines is 2. The van der Waals surface area contributed by atoms with Crippen LogP contribution in [0.3, 0.4) is 0 Å². The highest BCUT2D eigenvalue weighted by atomic mass is 32.1. The van der Waals surface area contributed by atoms with Crippen LogP contribution in [0, 0.1) is 28.4 Å². The predicted molar refractivity (Wildman–Crippen MR) is 184 cm³/mol. The van der Waals surface area contributed by atoms with Crippen LogP contribution in [0.1, 0.15) is 42.4 Å². The standard InChI is InChI=1S/C35H36F5N9O2S/c36-23-12-44-28(25-20(9-41)31(42)52-30(23)25)24-21-13-50-14-22(21)26-29(27(24)37)45-33(46-32(26)49-18-1-2-19(49)11-43-10-18)51-17-34(3-4-34)15-47-5-7-48(8-6-47)16-35(38,39)40/h12,18-19,43H,1-8,10-11,13-17,42H2. The number of nitrogens with zero attached hydrogens (tertiary/aromatic N) is 7. The van der Waals surface area contributed by atoms with Crippen LogP contribution >= 0.6 is 11.3 Å². The normalized spacial score (nSPS) is 23.0. The minimum absolute atomic E-state index is 0.0279. The van der Waals surface area contributed by atoms with Gasteiger partial charge in [0, 0.05) is 74.3 Å². The number of hydrogen-bond donors (Lipinski definition) is 2. The number of nitriles is 1. The van der Waals surface area contributed by atoms with Crippen LogP contribution < -0.4 is 20.7 Å². The highest BCUT2D eigenvalue weighted by Gasteiger charge is 2.46. The van der Waals surface area contributed by atoms with Crippen LogP contribution in [0.5, 0.6) is 6.01 Å². The van der Waals surface area contributed by atoms with Crippen LogP contribution in [0.4, 0.5) is 32.8 Å². The average Bonchev–Trinajstić information content (AvgIpc) is 3.41. The van der Waals surface area contributed by atoms with Crippen LogP contribution in [-0.4, -0.2) is 102 Å². The molecule has 7 heterocycles. The molecule has 1 saturated carbocycles. The second-order valence-corrected chi connectivity index (χ2v) is 15.8. The number of nitrogens with two attached hydrogens (primary N) is 1. The van der Waals surface area contributed by atoms with Gasteiger partial charge in [0.1, 0.15) is 22.4 Å². The molecule has 2 atom stereocenters. The van der Waals surface area contributed by atoms with Gasteiger partial charge in [0.2, 0.25) is 0 Å². The van der Waals surface area contributed by atoms with E-state index < -0.39 is 24.4 Å². The fraction of sp³-hybridized carbons (Fsp3) is 0.543. The Kier molecular flexibility index (Phi) is 8.19. The molecular formula is C35H36F5N9O2S. The Labute approximate surface area is 299 Å². The monoisotopic (exact) mass is 741 g/mol. The Morgan fingerprint density at radius 3 is 2.44 bits per heavy atom. The van der Waals surface area contributed by atoms with E-state index in [9.17, 15) is 18.4 Å². The Hall–Kier alpha value is -3.95. The molecule has 17 heteroatoms. The summed E-state index contributed by atoms with van der Waals surface area (Å²) in [6, 6.07) is 2.36. The third-order valence-corrected chi connectivity index (χ3v) is 12.3. The van der Waals surface area contributed by atoms with Gasteiger partial charge in [-0.3, -0.25) is 9.88 Å². The van der Waals surface area contributed by atoms with Gasteiger partial charge in [0.15, 0.2) is 11.6 Å². The van der Waals surface area contributed by atoms with E-state index in [-0.39, 0.29) is 80.8 Å². The van der Waals surface area contributed by atoms with E-state index in [2.05, 4.69) is 26.2 Å². The van der Waals surface area contributed by atoms with Crippen molar-refractivity contribution in [2.75, 3.05) is 69.6 Å². The molecule has 0 amide bonds. The van der Waals surface area contributed by atoms with Crippen LogP contribution in [0.25, 0.3) is 32.2 Å². The Balaban J connectivity index is 1.11. The van der Waals surface area contributed by atoms with Crippen molar-refractivity contribution in [3.05, 3.63) is 34.5 Å². The largest absolute Gasteiger partial charge is 0.463 e. The minimum Gasteiger partial charge on any atom is -0.463 e. The summed E-state index contributed by atoms with van der Waals surface area (Å²) >= 11 is 0.919. The number of thiophene rings is 1. The first-order chi connectivity index (χ1) is 25.0. The number of ether oxygens (including phenoxy) is 2. The number of hydrogen-bond acceptors (Lipinski definition) is 12. The lowest BCUT2D eigenvalue weighted by Crippen LogP contribution is -2.52. The van der Waals surface area contributed by atoms with Crippen molar-refractivity contribution in [2.24, 2.45) is 5.41 Å². The summed E-state index contributed by atoms with van der Waals surface area (Å²) in [5.74, 6) is -0.763. The molecule has 0 radical (unpaired) electrons. The van der Waals surface area contributed by atoms with Crippen molar-refractivity contribution in [3.8, 4) is 23.3 Å². The fourth-order valence-corrected chi connectivity index (χ4v) is 9.50. The maximum atomic E-state index is 17.4. The molecule has 0 spiro atoms. The first-order valence-electron chi connectivity index (χ1n) is 17.6. The van der Waals surface area contributed by atoms with Crippen LogP contribution in [0.15, 0.2) is 6.20 Å². The quantitative estimate of drug-likeness (QED) is 0.238. The molecule has 4 aliphatic heterocycles. The smallest absolute Gasteiger partial charge is 0.401 e. The number of aromatic nitrogens is 3. The van der Waals surface area contributed by atoms with Crippen molar-refractivity contribution in [3.63, 3.8) is 0 Å². The van der Waals surface area contributed by atoms with E-state index >= 15 is 8.78 Å². The van der Waals surface area contributed by atoms with Gasteiger partial charge in [-0.25, -0.2) is 8.78 Å². The van der Waals surface area contributed by atoms with Gasteiger partial charge in [0.05, 0.1) is 53.9 Å². The summed E-state index contributed by atoms with van der Waals surface area (Å²) in [5.41, 5.74) is 7.44. The van der Waals surface area contributed by atoms with Crippen molar-refractivity contribution in [1.82, 2.24) is 30.1 Å². The molecular weight excluding hydrogens is 706 g/mol. The molecule has 52 heavy (non-hydrogen) atoms. The van der Waals surface area contributed by atoms with Gasteiger partial charge in [-0.1, -0.05) is 0 Å². The van der Waals surface area contributed by atoms with Gasteiger partial charge in [-0.15, -0.1) is 11.3 Å². The fourth-order valence-electron chi connectivity index (χ4n) is 8.58. The zero-order chi connectivity index (χ0) is 35.9.